The van der Waals surface area contributed by atoms with E-state index in [1.807, 2.05) is 24.7 Å². The summed E-state index contributed by atoms with van der Waals surface area (Å²) in [5, 5.41) is 10.8. The summed E-state index contributed by atoms with van der Waals surface area (Å²) >= 11 is 8.10. The number of nitrogens with zero attached hydrogens (tertiary/aromatic N) is 2. The first-order valence-corrected chi connectivity index (χ1v) is 8.37. The lowest BCUT2D eigenvalue weighted by molar-refractivity contribution is 0.401. The number of aromatic nitrogens is 2. The summed E-state index contributed by atoms with van der Waals surface area (Å²) in [7, 11) is 3.65. The van der Waals surface area contributed by atoms with Gasteiger partial charge < -0.3 is 10.1 Å². The fraction of sp³-hybridized carbons (Fsp3) is 0.533. The smallest absolute Gasteiger partial charge is 0.134 e. The summed E-state index contributed by atoms with van der Waals surface area (Å²) in [6.45, 7) is 5.06. The van der Waals surface area contributed by atoms with Crippen LogP contribution in [0.5, 0.6) is 5.75 Å². The van der Waals surface area contributed by atoms with Crippen molar-refractivity contribution in [1.29, 1.82) is 0 Å². The molecular formula is C15H22ClN3OS. The van der Waals surface area contributed by atoms with Crippen LogP contribution in [0.25, 0.3) is 0 Å². The van der Waals surface area contributed by atoms with E-state index in [2.05, 4.69) is 22.7 Å². The summed E-state index contributed by atoms with van der Waals surface area (Å²) in [6.07, 6.45) is 1.88. The lowest BCUT2D eigenvalue weighted by Crippen LogP contribution is -2.24. The number of methoxy groups -OCH3 is 1. The molecule has 2 aromatic heterocycles. The maximum absolute atomic E-state index is 6.39. The van der Waals surface area contributed by atoms with Gasteiger partial charge in [-0.05, 0) is 31.3 Å². The maximum atomic E-state index is 6.39. The zero-order chi connectivity index (χ0) is 15.4. The first-order valence-electron chi connectivity index (χ1n) is 7.11. The zero-order valence-corrected chi connectivity index (χ0v) is 14.5. The number of hydrogen-bond acceptors (Lipinski definition) is 4. The Morgan fingerprint density at radius 2 is 2.29 bits per heavy atom. The van der Waals surface area contributed by atoms with Crippen molar-refractivity contribution in [2.45, 2.75) is 32.7 Å². The summed E-state index contributed by atoms with van der Waals surface area (Å²) in [5.74, 6) is 0.934. The van der Waals surface area contributed by atoms with Gasteiger partial charge in [0.15, 0.2) is 0 Å². The van der Waals surface area contributed by atoms with Crippen molar-refractivity contribution < 1.29 is 4.74 Å². The maximum Gasteiger partial charge on any atom is 0.134 e. The van der Waals surface area contributed by atoms with E-state index in [4.69, 9.17) is 16.3 Å². The lowest BCUT2D eigenvalue weighted by atomic mass is 10.1. The molecule has 0 bridgehead atoms. The second-order valence-electron chi connectivity index (χ2n) is 5.03. The summed E-state index contributed by atoms with van der Waals surface area (Å²) in [4.78, 5) is 1.21. The molecule has 0 aliphatic carbocycles. The number of ether oxygens (including phenoxy) is 1. The number of hydrogen-bond donors (Lipinski definition) is 1. The molecule has 0 saturated carbocycles. The largest absolute Gasteiger partial charge is 0.496 e. The van der Waals surface area contributed by atoms with E-state index in [1.54, 1.807) is 18.4 Å². The Morgan fingerprint density at radius 3 is 2.86 bits per heavy atom. The number of rotatable bonds is 7. The fourth-order valence-electron chi connectivity index (χ4n) is 2.40. The van der Waals surface area contributed by atoms with Gasteiger partial charge in [-0.3, -0.25) is 4.68 Å². The standard InChI is InChI=1S/C15H22ClN3OS/c1-5-7-17-11(15-13(20-4)6-8-21-15)9-12-14(16)10(2)18-19(12)3/h6,8,11,17H,5,7,9H2,1-4H3. The predicted octanol–water partition coefficient (Wildman–Crippen LogP) is 3.74. The minimum Gasteiger partial charge on any atom is -0.496 e. The van der Waals surface area contributed by atoms with E-state index < -0.39 is 0 Å². The van der Waals surface area contributed by atoms with Crippen molar-refractivity contribution in [3.8, 4) is 5.75 Å². The Hall–Kier alpha value is -1.04. The molecule has 4 nitrogen and oxygen atoms in total. The van der Waals surface area contributed by atoms with Gasteiger partial charge in [-0.25, -0.2) is 0 Å². The van der Waals surface area contributed by atoms with Crippen LogP contribution in [-0.4, -0.2) is 23.4 Å². The SMILES string of the molecule is CCCNC(Cc1c(Cl)c(C)nn1C)c1sccc1OC. The minimum atomic E-state index is 0.187. The van der Waals surface area contributed by atoms with Gasteiger partial charge in [0.05, 0.1) is 34.4 Å². The van der Waals surface area contributed by atoms with Gasteiger partial charge in [0.2, 0.25) is 0 Å². The Balaban J connectivity index is 2.28. The van der Waals surface area contributed by atoms with Crippen molar-refractivity contribution in [2.24, 2.45) is 7.05 Å². The molecule has 1 unspecified atom stereocenters. The highest BCUT2D eigenvalue weighted by Gasteiger charge is 2.21. The molecule has 0 aliphatic heterocycles. The van der Waals surface area contributed by atoms with Crippen LogP contribution < -0.4 is 10.1 Å². The molecule has 0 fully saturated rings. The molecule has 0 radical (unpaired) electrons. The molecule has 2 heterocycles. The van der Waals surface area contributed by atoms with Crippen LogP contribution in [0.3, 0.4) is 0 Å². The molecule has 1 atom stereocenters. The van der Waals surface area contributed by atoms with Crippen LogP contribution in [0.15, 0.2) is 11.4 Å². The van der Waals surface area contributed by atoms with Crippen LogP contribution in [0.1, 0.15) is 35.7 Å². The van der Waals surface area contributed by atoms with Gasteiger partial charge in [-0.2, -0.15) is 5.10 Å². The molecule has 1 N–H and O–H groups in total. The summed E-state index contributed by atoms with van der Waals surface area (Å²) in [6, 6.07) is 2.20. The first kappa shape index (κ1) is 16.3. The number of halogens is 1. The second kappa shape index (κ2) is 7.29. The van der Waals surface area contributed by atoms with E-state index >= 15 is 0 Å². The minimum absolute atomic E-state index is 0.187. The highest BCUT2D eigenvalue weighted by molar-refractivity contribution is 7.10. The predicted molar refractivity (Wildman–Crippen MR) is 88.6 cm³/mol. The number of aryl methyl sites for hydroxylation is 2. The van der Waals surface area contributed by atoms with Gasteiger partial charge in [0.1, 0.15) is 5.75 Å². The van der Waals surface area contributed by atoms with Crippen LogP contribution in [-0.2, 0) is 13.5 Å². The van der Waals surface area contributed by atoms with E-state index in [9.17, 15) is 0 Å². The van der Waals surface area contributed by atoms with E-state index in [0.717, 1.165) is 41.5 Å². The molecule has 116 valence electrons. The molecule has 0 aliphatic rings. The van der Waals surface area contributed by atoms with Crippen LogP contribution in [0, 0.1) is 6.92 Å². The normalized spacial score (nSPS) is 12.6. The van der Waals surface area contributed by atoms with Crippen molar-refractivity contribution in [3.05, 3.63) is 32.7 Å². The van der Waals surface area contributed by atoms with Crippen molar-refractivity contribution >= 4 is 22.9 Å². The topological polar surface area (TPSA) is 39.1 Å². The highest BCUT2D eigenvalue weighted by Crippen LogP contribution is 2.34. The molecule has 2 rings (SSSR count). The van der Waals surface area contributed by atoms with E-state index in [-0.39, 0.29) is 6.04 Å². The Labute approximate surface area is 135 Å². The van der Waals surface area contributed by atoms with Crippen LogP contribution >= 0.6 is 22.9 Å². The highest BCUT2D eigenvalue weighted by atomic mass is 35.5. The molecular weight excluding hydrogens is 306 g/mol. The molecule has 6 heteroatoms. The van der Waals surface area contributed by atoms with E-state index in [0.29, 0.717) is 0 Å². The van der Waals surface area contributed by atoms with Gasteiger partial charge >= 0.3 is 0 Å². The average Bonchev–Trinajstić information content (AvgIpc) is 3.02. The monoisotopic (exact) mass is 327 g/mol. The number of nitrogens with one attached hydrogen (secondary N) is 1. The molecule has 0 spiro atoms. The van der Waals surface area contributed by atoms with E-state index in [1.165, 1.54) is 4.88 Å². The Bertz CT molecular complexity index is 594. The third-order valence-electron chi connectivity index (χ3n) is 3.49. The van der Waals surface area contributed by atoms with Crippen molar-refractivity contribution in [3.63, 3.8) is 0 Å². The molecule has 21 heavy (non-hydrogen) atoms. The Morgan fingerprint density at radius 1 is 1.52 bits per heavy atom. The molecule has 0 aromatic carbocycles. The summed E-state index contributed by atoms with van der Waals surface area (Å²) in [5.41, 5.74) is 1.93. The third kappa shape index (κ3) is 3.59. The average molecular weight is 328 g/mol. The Kier molecular flexibility index (Phi) is 5.67. The van der Waals surface area contributed by atoms with Crippen molar-refractivity contribution in [1.82, 2.24) is 15.1 Å². The third-order valence-corrected chi connectivity index (χ3v) is 5.00. The van der Waals surface area contributed by atoms with Gasteiger partial charge in [-0.1, -0.05) is 18.5 Å². The van der Waals surface area contributed by atoms with Gasteiger partial charge in [-0.15, -0.1) is 11.3 Å². The molecule has 0 saturated heterocycles. The number of thiophene rings is 1. The molecule has 2 aromatic rings. The fourth-order valence-corrected chi connectivity index (χ4v) is 3.58. The van der Waals surface area contributed by atoms with Crippen LogP contribution in [0.2, 0.25) is 5.02 Å². The molecule has 0 amide bonds. The first-order chi connectivity index (χ1) is 10.1. The second-order valence-corrected chi connectivity index (χ2v) is 6.36. The quantitative estimate of drug-likeness (QED) is 0.842. The summed E-state index contributed by atoms with van der Waals surface area (Å²) < 4.78 is 7.34. The van der Waals surface area contributed by atoms with Gasteiger partial charge in [0.25, 0.3) is 0 Å². The lowest BCUT2D eigenvalue weighted by Gasteiger charge is -2.19. The van der Waals surface area contributed by atoms with Crippen LogP contribution in [0.4, 0.5) is 0 Å². The van der Waals surface area contributed by atoms with Crippen molar-refractivity contribution in [2.75, 3.05) is 13.7 Å². The van der Waals surface area contributed by atoms with Gasteiger partial charge in [0, 0.05) is 13.5 Å². The zero-order valence-electron chi connectivity index (χ0n) is 12.9.